The Hall–Kier alpha value is -3.80. The summed E-state index contributed by atoms with van der Waals surface area (Å²) in [6.45, 7) is 5.67. The summed E-state index contributed by atoms with van der Waals surface area (Å²) in [4.78, 5) is 12.8. The van der Waals surface area contributed by atoms with Crippen LogP contribution in [0.15, 0.2) is 53.1 Å². The first-order valence-corrected chi connectivity index (χ1v) is 11.6. The van der Waals surface area contributed by atoms with Gasteiger partial charge in [0.1, 0.15) is 28.8 Å². The minimum atomic E-state index is -0.481. The minimum absolute atomic E-state index is 0.0196. The molecule has 2 aromatic carbocycles. The van der Waals surface area contributed by atoms with Crippen molar-refractivity contribution in [3.63, 3.8) is 0 Å². The number of carbonyl (C=O) groups excluding carboxylic acids is 1. The molecule has 3 N–H and O–H groups in total. The van der Waals surface area contributed by atoms with Crippen LogP contribution >= 0.6 is 23.2 Å². The molecule has 0 radical (unpaired) electrons. The number of nitrogen functional groups attached to an aromatic ring is 1. The summed E-state index contributed by atoms with van der Waals surface area (Å²) < 4.78 is 6.90. The summed E-state index contributed by atoms with van der Waals surface area (Å²) >= 11 is 12.2. The van der Waals surface area contributed by atoms with E-state index in [2.05, 4.69) is 21.6 Å². The molecule has 0 saturated carbocycles. The SMILES string of the molecule is CC(C(=O)Nc1cc(-c2ccc(Cl)cc2Cl)no1)c1ccc(-c2nn(C(C)C)c(N)c2C#N)cc1. The van der Waals surface area contributed by atoms with Gasteiger partial charge in [-0.2, -0.15) is 10.4 Å². The van der Waals surface area contributed by atoms with Gasteiger partial charge in [0, 0.05) is 28.3 Å². The Morgan fingerprint density at radius 2 is 1.86 bits per heavy atom. The first-order chi connectivity index (χ1) is 16.7. The second-order valence-corrected chi connectivity index (χ2v) is 9.14. The summed E-state index contributed by atoms with van der Waals surface area (Å²) in [5.74, 6) is -0.215. The van der Waals surface area contributed by atoms with Crippen LogP contribution < -0.4 is 11.1 Å². The van der Waals surface area contributed by atoms with Gasteiger partial charge in [-0.15, -0.1) is 0 Å². The summed E-state index contributed by atoms with van der Waals surface area (Å²) in [7, 11) is 0. The highest BCUT2D eigenvalue weighted by molar-refractivity contribution is 6.36. The molecule has 0 aliphatic carbocycles. The Balaban J connectivity index is 1.50. The molecule has 0 saturated heterocycles. The molecular weight excluding hydrogens is 487 g/mol. The molecule has 0 fully saturated rings. The third kappa shape index (κ3) is 4.87. The molecule has 1 unspecified atom stereocenters. The zero-order valence-corrected chi connectivity index (χ0v) is 20.7. The Labute approximate surface area is 212 Å². The Morgan fingerprint density at radius 1 is 1.14 bits per heavy atom. The van der Waals surface area contributed by atoms with Crippen LogP contribution in [0.25, 0.3) is 22.5 Å². The van der Waals surface area contributed by atoms with Gasteiger partial charge in [0.25, 0.3) is 0 Å². The van der Waals surface area contributed by atoms with Gasteiger partial charge in [-0.05, 0) is 44.5 Å². The van der Waals surface area contributed by atoms with Crippen LogP contribution in [-0.2, 0) is 4.79 Å². The molecule has 2 aromatic heterocycles. The van der Waals surface area contributed by atoms with E-state index in [0.717, 1.165) is 11.1 Å². The maximum atomic E-state index is 12.8. The van der Waals surface area contributed by atoms with Crippen molar-refractivity contribution < 1.29 is 9.32 Å². The average Bonchev–Trinajstić information content (AvgIpc) is 3.42. The van der Waals surface area contributed by atoms with E-state index >= 15 is 0 Å². The number of anilines is 2. The third-order valence-corrected chi connectivity index (χ3v) is 6.14. The van der Waals surface area contributed by atoms with Crippen molar-refractivity contribution in [1.29, 1.82) is 5.26 Å². The molecule has 4 aromatic rings. The van der Waals surface area contributed by atoms with E-state index in [9.17, 15) is 10.1 Å². The molecule has 0 aliphatic heterocycles. The number of nitrogens with one attached hydrogen (secondary N) is 1. The smallest absolute Gasteiger partial charge is 0.234 e. The number of carbonyl (C=O) groups is 1. The van der Waals surface area contributed by atoms with Gasteiger partial charge in [0.05, 0.1) is 10.9 Å². The number of benzene rings is 2. The van der Waals surface area contributed by atoms with Crippen LogP contribution in [0, 0.1) is 11.3 Å². The predicted octanol–water partition coefficient (Wildman–Crippen LogP) is 6.29. The largest absolute Gasteiger partial charge is 0.383 e. The van der Waals surface area contributed by atoms with E-state index in [-0.39, 0.29) is 17.8 Å². The molecule has 1 amide bonds. The average molecular weight is 509 g/mol. The predicted molar refractivity (Wildman–Crippen MR) is 136 cm³/mol. The fourth-order valence-corrected chi connectivity index (χ4v) is 4.13. The molecule has 2 heterocycles. The lowest BCUT2D eigenvalue weighted by Gasteiger charge is -2.11. The highest BCUT2D eigenvalue weighted by Gasteiger charge is 2.21. The maximum Gasteiger partial charge on any atom is 0.234 e. The number of hydrogen-bond donors (Lipinski definition) is 2. The quantitative estimate of drug-likeness (QED) is 0.315. The summed E-state index contributed by atoms with van der Waals surface area (Å²) in [5.41, 5.74) is 9.58. The number of nitrogens with zero attached hydrogens (tertiary/aromatic N) is 4. The van der Waals surface area contributed by atoms with Crippen LogP contribution in [-0.4, -0.2) is 20.8 Å². The van der Waals surface area contributed by atoms with Gasteiger partial charge in [0.2, 0.25) is 11.8 Å². The van der Waals surface area contributed by atoms with Crippen molar-refractivity contribution in [2.24, 2.45) is 0 Å². The van der Waals surface area contributed by atoms with Gasteiger partial charge in [-0.3, -0.25) is 10.1 Å². The van der Waals surface area contributed by atoms with Crippen molar-refractivity contribution in [3.8, 4) is 28.6 Å². The summed E-state index contributed by atoms with van der Waals surface area (Å²) in [6, 6.07) is 16.1. The number of nitrogens with two attached hydrogens (primary N) is 1. The highest BCUT2D eigenvalue weighted by Crippen LogP contribution is 2.32. The molecule has 0 spiro atoms. The number of aromatic nitrogens is 3. The van der Waals surface area contributed by atoms with E-state index in [1.165, 1.54) is 0 Å². The van der Waals surface area contributed by atoms with Gasteiger partial charge in [0.15, 0.2) is 0 Å². The number of rotatable bonds is 6. The van der Waals surface area contributed by atoms with Crippen molar-refractivity contribution in [1.82, 2.24) is 14.9 Å². The number of hydrogen-bond acceptors (Lipinski definition) is 6. The molecule has 0 bridgehead atoms. The molecule has 10 heteroatoms. The Morgan fingerprint density at radius 3 is 2.49 bits per heavy atom. The van der Waals surface area contributed by atoms with Crippen molar-refractivity contribution in [2.45, 2.75) is 32.7 Å². The van der Waals surface area contributed by atoms with Crippen LogP contribution in [0.3, 0.4) is 0 Å². The first kappa shape index (κ1) is 24.3. The van der Waals surface area contributed by atoms with Crippen LogP contribution in [0.2, 0.25) is 10.0 Å². The molecule has 178 valence electrons. The minimum Gasteiger partial charge on any atom is -0.383 e. The lowest BCUT2D eigenvalue weighted by molar-refractivity contribution is -0.117. The van der Waals surface area contributed by atoms with Crippen molar-refractivity contribution >= 4 is 40.8 Å². The summed E-state index contributed by atoms with van der Waals surface area (Å²) in [6.07, 6.45) is 0. The molecule has 1 atom stereocenters. The van der Waals surface area contributed by atoms with Crippen LogP contribution in [0.5, 0.6) is 0 Å². The Kier molecular flexibility index (Phi) is 6.83. The van der Waals surface area contributed by atoms with Crippen molar-refractivity contribution in [2.75, 3.05) is 11.1 Å². The van der Waals surface area contributed by atoms with Gasteiger partial charge in [-0.1, -0.05) is 52.6 Å². The van der Waals surface area contributed by atoms with Gasteiger partial charge in [-0.25, -0.2) is 4.68 Å². The Bertz CT molecular complexity index is 1430. The third-order valence-electron chi connectivity index (χ3n) is 5.59. The zero-order valence-electron chi connectivity index (χ0n) is 19.2. The molecular formula is C25H22Cl2N6O2. The van der Waals surface area contributed by atoms with Gasteiger partial charge >= 0.3 is 0 Å². The summed E-state index contributed by atoms with van der Waals surface area (Å²) in [5, 5.41) is 21.7. The fraction of sp³-hybridized carbons (Fsp3) is 0.200. The number of amides is 1. The van der Waals surface area contributed by atoms with E-state index in [1.54, 1.807) is 35.9 Å². The zero-order chi connectivity index (χ0) is 25.3. The monoisotopic (exact) mass is 508 g/mol. The van der Waals surface area contributed by atoms with Gasteiger partial charge < -0.3 is 10.3 Å². The normalized spacial score (nSPS) is 11.9. The molecule has 35 heavy (non-hydrogen) atoms. The molecule has 8 nitrogen and oxygen atoms in total. The topological polar surface area (TPSA) is 123 Å². The van der Waals surface area contributed by atoms with Crippen molar-refractivity contribution in [3.05, 3.63) is 69.7 Å². The lowest BCUT2D eigenvalue weighted by Crippen LogP contribution is -2.18. The van der Waals surface area contributed by atoms with Crippen LogP contribution in [0.1, 0.15) is 43.9 Å². The highest BCUT2D eigenvalue weighted by atomic mass is 35.5. The maximum absolute atomic E-state index is 12.8. The lowest BCUT2D eigenvalue weighted by atomic mass is 9.97. The van der Waals surface area contributed by atoms with E-state index in [0.29, 0.717) is 38.4 Å². The second kappa shape index (κ2) is 9.82. The standard InChI is InChI=1S/C25H22Cl2N6O2/c1-13(2)33-24(29)19(12-28)23(31-33)16-6-4-15(5-7-16)14(3)25(34)30-22-11-21(32-35-22)18-9-8-17(26)10-20(18)27/h4-11,13-14H,29H2,1-3H3,(H,30,34). The van der Waals surface area contributed by atoms with Crippen LogP contribution in [0.4, 0.5) is 11.7 Å². The fourth-order valence-electron chi connectivity index (χ4n) is 3.62. The van der Waals surface area contributed by atoms with E-state index in [1.807, 2.05) is 38.1 Å². The van der Waals surface area contributed by atoms with E-state index < -0.39 is 5.92 Å². The number of halogens is 2. The first-order valence-electron chi connectivity index (χ1n) is 10.8. The second-order valence-electron chi connectivity index (χ2n) is 8.29. The number of nitriles is 1. The van der Waals surface area contributed by atoms with E-state index in [4.69, 9.17) is 33.5 Å². The molecule has 4 rings (SSSR count). The molecule has 0 aliphatic rings.